The summed E-state index contributed by atoms with van der Waals surface area (Å²) in [6.07, 6.45) is 0.430. The van der Waals surface area contributed by atoms with Gasteiger partial charge in [-0.25, -0.2) is 9.18 Å². The van der Waals surface area contributed by atoms with Gasteiger partial charge in [0.05, 0.1) is 13.2 Å². The fourth-order valence-corrected chi connectivity index (χ4v) is 1.41. The van der Waals surface area contributed by atoms with Crippen molar-refractivity contribution in [3.05, 3.63) is 30.1 Å². The number of carbonyl (C=O) groups is 2. The number of carboxylic acids is 1. The van der Waals surface area contributed by atoms with Crippen LogP contribution in [-0.4, -0.2) is 40.8 Å². The first-order valence-corrected chi connectivity index (χ1v) is 6.43. The molecule has 116 valence electrons. The first kappa shape index (κ1) is 16.9. The minimum atomic E-state index is -2.00. The number of carboxylic acid groups (broad SMARTS) is 1. The summed E-state index contributed by atoms with van der Waals surface area (Å²) in [5.74, 6) is -2.18. The molecule has 6 nitrogen and oxygen atoms in total. The molecule has 1 rings (SSSR count). The van der Waals surface area contributed by atoms with E-state index in [9.17, 15) is 19.1 Å². The van der Waals surface area contributed by atoms with Gasteiger partial charge in [-0.15, -0.1) is 0 Å². The van der Waals surface area contributed by atoms with Gasteiger partial charge in [-0.05, 0) is 25.5 Å². The molecule has 0 heterocycles. The van der Waals surface area contributed by atoms with Crippen LogP contribution in [0.15, 0.2) is 24.3 Å². The van der Waals surface area contributed by atoms with Crippen LogP contribution in [0.5, 0.6) is 5.75 Å². The zero-order valence-corrected chi connectivity index (χ0v) is 11.6. The van der Waals surface area contributed by atoms with Gasteiger partial charge in [-0.1, -0.05) is 12.1 Å². The number of amides is 1. The number of benzene rings is 1. The van der Waals surface area contributed by atoms with Gasteiger partial charge in [0.1, 0.15) is 0 Å². The summed E-state index contributed by atoms with van der Waals surface area (Å²) < 4.78 is 18.4. The molecule has 0 aliphatic heterocycles. The standard InChI is InChI=1S/C14H18FNO5/c1-14(20,13(18)19)9-16-12(17)7-4-8-21-11-6-3-2-5-10(11)15/h2-3,5-6,20H,4,7-9H2,1H3,(H,16,17)(H,18,19). The lowest BCUT2D eigenvalue weighted by Gasteiger charge is -2.18. The average Bonchev–Trinajstić information content (AvgIpc) is 2.43. The Morgan fingerprint density at radius 1 is 1.38 bits per heavy atom. The highest BCUT2D eigenvalue weighted by molar-refractivity contribution is 5.80. The summed E-state index contributed by atoms with van der Waals surface area (Å²) in [6.45, 7) is 0.871. The highest BCUT2D eigenvalue weighted by atomic mass is 19.1. The largest absolute Gasteiger partial charge is 0.491 e. The molecule has 1 aromatic rings. The van der Waals surface area contributed by atoms with Crippen molar-refractivity contribution >= 4 is 11.9 Å². The predicted octanol–water partition coefficient (Wildman–Crippen LogP) is 0.936. The molecular formula is C14H18FNO5. The number of aliphatic carboxylic acids is 1. The van der Waals surface area contributed by atoms with Gasteiger partial charge in [0.15, 0.2) is 17.2 Å². The number of halogens is 1. The Morgan fingerprint density at radius 2 is 2.05 bits per heavy atom. The van der Waals surface area contributed by atoms with Crippen LogP contribution in [0.3, 0.4) is 0 Å². The van der Waals surface area contributed by atoms with E-state index >= 15 is 0 Å². The van der Waals surface area contributed by atoms with Gasteiger partial charge in [0.2, 0.25) is 5.91 Å². The molecule has 0 spiro atoms. The zero-order chi connectivity index (χ0) is 15.9. The molecule has 0 aromatic heterocycles. The second kappa shape index (κ2) is 7.58. The molecule has 1 unspecified atom stereocenters. The van der Waals surface area contributed by atoms with Crippen LogP contribution in [0.2, 0.25) is 0 Å². The van der Waals surface area contributed by atoms with Crippen molar-refractivity contribution < 1.29 is 28.9 Å². The summed E-state index contributed by atoms with van der Waals surface area (Å²) in [5.41, 5.74) is -2.00. The normalized spacial score (nSPS) is 13.3. The number of aliphatic hydroxyl groups is 1. The van der Waals surface area contributed by atoms with Crippen molar-refractivity contribution in [3.8, 4) is 5.75 Å². The van der Waals surface area contributed by atoms with Crippen molar-refractivity contribution in [2.24, 2.45) is 0 Å². The van der Waals surface area contributed by atoms with Gasteiger partial charge >= 0.3 is 5.97 Å². The van der Waals surface area contributed by atoms with Crippen molar-refractivity contribution in [1.29, 1.82) is 0 Å². The molecule has 3 N–H and O–H groups in total. The van der Waals surface area contributed by atoms with Gasteiger partial charge in [0, 0.05) is 6.42 Å². The van der Waals surface area contributed by atoms with Gasteiger partial charge < -0.3 is 20.3 Å². The van der Waals surface area contributed by atoms with E-state index in [4.69, 9.17) is 9.84 Å². The second-order valence-corrected chi connectivity index (χ2v) is 4.74. The molecule has 0 bridgehead atoms. The van der Waals surface area contributed by atoms with Crippen LogP contribution in [0, 0.1) is 5.82 Å². The lowest BCUT2D eigenvalue weighted by atomic mass is 10.1. The van der Waals surface area contributed by atoms with E-state index in [2.05, 4.69) is 5.32 Å². The van der Waals surface area contributed by atoms with Crippen molar-refractivity contribution in [1.82, 2.24) is 5.32 Å². The fourth-order valence-electron chi connectivity index (χ4n) is 1.41. The van der Waals surface area contributed by atoms with Gasteiger partial charge in [-0.2, -0.15) is 0 Å². The monoisotopic (exact) mass is 299 g/mol. The lowest BCUT2D eigenvalue weighted by Crippen LogP contribution is -2.46. The molecule has 1 aromatic carbocycles. The number of nitrogens with one attached hydrogen (secondary N) is 1. The highest BCUT2D eigenvalue weighted by Gasteiger charge is 2.30. The van der Waals surface area contributed by atoms with E-state index < -0.39 is 23.3 Å². The van der Waals surface area contributed by atoms with Crippen LogP contribution in [0.1, 0.15) is 19.8 Å². The van der Waals surface area contributed by atoms with Crippen LogP contribution in [-0.2, 0) is 9.59 Å². The SMILES string of the molecule is CC(O)(CNC(=O)CCCOc1ccccc1F)C(=O)O. The summed E-state index contributed by atoms with van der Waals surface area (Å²) in [5, 5.41) is 20.4. The van der Waals surface area contributed by atoms with E-state index in [-0.39, 0.29) is 25.3 Å². The summed E-state index contributed by atoms with van der Waals surface area (Å²) >= 11 is 0. The summed E-state index contributed by atoms with van der Waals surface area (Å²) in [4.78, 5) is 22.1. The quantitative estimate of drug-likeness (QED) is 0.621. The third-order valence-corrected chi connectivity index (χ3v) is 2.73. The third kappa shape index (κ3) is 5.78. The molecule has 0 radical (unpaired) electrons. The first-order chi connectivity index (χ1) is 9.83. The van der Waals surface area contributed by atoms with Gasteiger partial charge in [0.25, 0.3) is 0 Å². The Hall–Kier alpha value is -2.15. The maximum atomic E-state index is 13.2. The van der Waals surface area contributed by atoms with Crippen molar-refractivity contribution in [3.63, 3.8) is 0 Å². The summed E-state index contributed by atoms with van der Waals surface area (Å²) in [7, 11) is 0. The zero-order valence-electron chi connectivity index (χ0n) is 11.6. The molecule has 0 fully saturated rings. The number of para-hydroxylation sites is 1. The topological polar surface area (TPSA) is 95.9 Å². The van der Waals surface area contributed by atoms with Crippen molar-refractivity contribution in [2.45, 2.75) is 25.4 Å². The molecule has 0 aliphatic rings. The number of hydrogen-bond acceptors (Lipinski definition) is 4. The third-order valence-electron chi connectivity index (χ3n) is 2.73. The molecule has 0 aliphatic carbocycles. The second-order valence-electron chi connectivity index (χ2n) is 4.74. The lowest BCUT2D eigenvalue weighted by molar-refractivity contribution is -0.156. The first-order valence-electron chi connectivity index (χ1n) is 6.43. The predicted molar refractivity (Wildman–Crippen MR) is 72.4 cm³/mol. The number of carbonyl (C=O) groups excluding carboxylic acids is 1. The minimum absolute atomic E-state index is 0.0875. The minimum Gasteiger partial charge on any atom is -0.491 e. The molecule has 7 heteroatoms. The van der Waals surface area contributed by atoms with Crippen molar-refractivity contribution in [2.75, 3.05) is 13.2 Å². The fraction of sp³-hybridized carbons (Fsp3) is 0.429. The van der Waals surface area contributed by atoms with Gasteiger partial charge in [-0.3, -0.25) is 4.79 Å². The maximum Gasteiger partial charge on any atom is 0.337 e. The Balaban J connectivity index is 2.23. The Bertz CT molecular complexity index is 504. The van der Waals surface area contributed by atoms with E-state index in [1.807, 2.05) is 0 Å². The Morgan fingerprint density at radius 3 is 2.67 bits per heavy atom. The smallest absolute Gasteiger partial charge is 0.337 e. The maximum absolute atomic E-state index is 13.2. The van der Waals surface area contributed by atoms with Crippen LogP contribution in [0.4, 0.5) is 4.39 Å². The number of hydrogen-bond donors (Lipinski definition) is 3. The van der Waals surface area contributed by atoms with Crippen LogP contribution >= 0.6 is 0 Å². The van der Waals surface area contributed by atoms with Crippen LogP contribution < -0.4 is 10.1 Å². The molecule has 0 saturated carbocycles. The summed E-state index contributed by atoms with van der Waals surface area (Å²) in [6, 6.07) is 5.94. The molecular weight excluding hydrogens is 281 g/mol. The Kier molecular flexibility index (Phi) is 6.10. The van der Waals surface area contributed by atoms with E-state index in [1.165, 1.54) is 12.1 Å². The average molecular weight is 299 g/mol. The van der Waals surface area contributed by atoms with E-state index in [1.54, 1.807) is 12.1 Å². The number of ether oxygens (including phenoxy) is 1. The van der Waals surface area contributed by atoms with E-state index in [0.29, 0.717) is 6.42 Å². The number of rotatable bonds is 8. The molecule has 1 atom stereocenters. The van der Waals surface area contributed by atoms with E-state index in [0.717, 1.165) is 6.92 Å². The van der Waals surface area contributed by atoms with Crippen LogP contribution in [0.25, 0.3) is 0 Å². The highest BCUT2D eigenvalue weighted by Crippen LogP contribution is 2.15. The molecule has 0 saturated heterocycles. The Labute approximate surface area is 121 Å². The molecule has 1 amide bonds. The molecule has 21 heavy (non-hydrogen) atoms.